The van der Waals surface area contributed by atoms with Crippen molar-refractivity contribution in [2.75, 3.05) is 0 Å². The highest BCUT2D eigenvalue weighted by molar-refractivity contribution is 5.22. The van der Waals surface area contributed by atoms with Crippen molar-refractivity contribution in [3.05, 3.63) is 59.0 Å². The Hall–Kier alpha value is -1.54. The lowest BCUT2D eigenvalue weighted by Gasteiger charge is -2.04. The smallest absolute Gasteiger partial charge is 0.117 e. The Balaban J connectivity index is 1.80. The molecule has 0 atom stereocenters. The molecule has 2 aromatic rings. The fourth-order valence-corrected chi connectivity index (χ4v) is 1.93. The second-order valence-corrected chi connectivity index (χ2v) is 4.50. The van der Waals surface area contributed by atoms with Crippen molar-refractivity contribution in [1.82, 2.24) is 5.32 Å². The van der Waals surface area contributed by atoms with Crippen LogP contribution in [0, 0.1) is 0 Å². The third kappa shape index (κ3) is 3.47. The van der Waals surface area contributed by atoms with Crippen LogP contribution in [0.25, 0.3) is 0 Å². The molecule has 2 nitrogen and oxygen atoms in total. The minimum atomic E-state index is 0.787. The SMILES string of the molecule is CCc1ccc(CNCc2ccc(CC)o2)cc1. The van der Waals surface area contributed by atoms with E-state index in [1.807, 2.05) is 12.1 Å². The zero-order valence-electron chi connectivity index (χ0n) is 11.2. The molecule has 1 aromatic heterocycles. The number of benzene rings is 1. The zero-order valence-corrected chi connectivity index (χ0v) is 11.2. The fraction of sp³-hybridized carbons (Fsp3) is 0.375. The van der Waals surface area contributed by atoms with Crippen molar-refractivity contribution in [3.8, 4) is 0 Å². The Kier molecular flexibility index (Phi) is 4.59. The van der Waals surface area contributed by atoms with Gasteiger partial charge in [-0.3, -0.25) is 0 Å². The highest BCUT2D eigenvalue weighted by Crippen LogP contribution is 2.09. The van der Waals surface area contributed by atoms with Gasteiger partial charge >= 0.3 is 0 Å². The first kappa shape index (κ1) is 12.9. The number of rotatable bonds is 6. The van der Waals surface area contributed by atoms with Crippen molar-refractivity contribution in [2.24, 2.45) is 0 Å². The molecule has 0 unspecified atom stereocenters. The molecule has 2 heteroatoms. The van der Waals surface area contributed by atoms with E-state index in [0.717, 1.165) is 37.5 Å². The Morgan fingerprint density at radius 3 is 2.06 bits per heavy atom. The summed E-state index contributed by atoms with van der Waals surface area (Å²) < 4.78 is 5.64. The molecule has 2 rings (SSSR count). The van der Waals surface area contributed by atoms with Crippen molar-refractivity contribution in [3.63, 3.8) is 0 Å². The molecule has 18 heavy (non-hydrogen) atoms. The number of furan rings is 1. The maximum atomic E-state index is 5.64. The summed E-state index contributed by atoms with van der Waals surface area (Å²) in [4.78, 5) is 0. The molecule has 1 N–H and O–H groups in total. The van der Waals surface area contributed by atoms with Gasteiger partial charge in [-0.2, -0.15) is 0 Å². The van der Waals surface area contributed by atoms with Gasteiger partial charge in [-0.05, 0) is 29.7 Å². The third-order valence-electron chi connectivity index (χ3n) is 3.13. The van der Waals surface area contributed by atoms with Crippen LogP contribution >= 0.6 is 0 Å². The van der Waals surface area contributed by atoms with E-state index in [9.17, 15) is 0 Å². The van der Waals surface area contributed by atoms with Crippen LogP contribution in [0.15, 0.2) is 40.8 Å². The van der Waals surface area contributed by atoms with E-state index in [2.05, 4.69) is 43.4 Å². The van der Waals surface area contributed by atoms with Crippen LogP contribution in [0.4, 0.5) is 0 Å². The summed E-state index contributed by atoms with van der Waals surface area (Å²) >= 11 is 0. The molecule has 0 radical (unpaired) electrons. The summed E-state index contributed by atoms with van der Waals surface area (Å²) in [6, 6.07) is 12.9. The van der Waals surface area contributed by atoms with Gasteiger partial charge in [0.15, 0.2) is 0 Å². The van der Waals surface area contributed by atoms with Crippen molar-refractivity contribution >= 4 is 0 Å². The van der Waals surface area contributed by atoms with Crippen LogP contribution in [-0.4, -0.2) is 0 Å². The summed E-state index contributed by atoms with van der Waals surface area (Å²) in [5, 5.41) is 3.40. The molecule has 0 aliphatic carbocycles. The van der Waals surface area contributed by atoms with E-state index in [1.54, 1.807) is 0 Å². The highest BCUT2D eigenvalue weighted by atomic mass is 16.3. The predicted molar refractivity (Wildman–Crippen MR) is 74.4 cm³/mol. The first-order valence-electron chi connectivity index (χ1n) is 6.68. The molecule has 0 bridgehead atoms. The molecule has 1 aromatic carbocycles. The fourth-order valence-electron chi connectivity index (χ4n) is 1.93. The van der Waals surface area contributed by atoms with Crippen molar-refractivity contribution in [2.45, 2.75) is 39.8 Å². The van der Waals surface area contributed by atoms with Gasteiger partial charge in [0.05, 0.1) is 6.54 Å². The second kappa shape index (κ2) is 6.41. The Labute approximate surface area is 109 Å². The van der Waals surface area contributed by atoms with Crippen LogP contribution in [0.5, 0.6) is 0 Å². The second-order valence-electron chi connectivity index (χ2n) is 4.50. The Morgan fingerprint density at radius 2 is 1.44 bits per heavy atom. The number of nitrogens with one attached hydrogen (secondary N) is 1. The zero-order chi connectivity index (χ0) is 12.8. The summed E-state index contributed by atoms with van der Waals surface area (Å²) in [6.45, 7) is 5.95. The first-order valence-corrected chi connectivity index (χ1v) is 6.68. The summed E-state index contributed by atoms with van der Waals surface area (Å²) in [7, 11) is 0. The maximum absolute atomic E-state index is 5.64. The average molecular weight is 243 g/mol. The van der Waals surface area contributed by atoms with Gasteiger partial charge in [0.1, 0.15) is 11.5 Å². The lowest BCUT2D eigenvalue weighted by Crippen LogP contribution is -2.12. The van der Waals surface area contributed by atoms with Gasteiger partial charge in [-0.25, -0.2) is 0 Å². The average Bonchev–Trinajstić information content (AvgIpc) is 2.87. The monoisotopic (exact) mass is 243 g/mol. The van der Waals surface area contributed by atoms with E-state index >= 15 is 0 Å². The number of hydrogen-bond donors (Lipinski definition) is 1. The van der Waals surface area contributed by atoms with Crippen LogP contribution in [-0.2, 0) is 25.9 Å². The Morgan fingerprint density at radius 1 is 0.778 bits per heavy atom. The van der Waals surface area contributed by atoms with Gasteiger partial charge in [-0.15, -0.1) is 0 Å². The van der Waals surface area contributed by atoms with Gasteiger partial charge < -0.3 is 9.73 Å². The third-order valence-corrected chi connectivity index (χ3v) is 3.13. The molecule has 0 spiro atoms. The van der Waals surface area contributed by atoms with Gasteiger partial charge in [0, 0.05) is 13.0 Å². The predicted octanol–water partition coefficient (Wildman–Crippen LogP) is 3.69. The molecule has 96 valence electrons. The van der Waals surface area contributed by atoms with Crippen molar-refractivity contribution < 1.29 is 4.42 Å². The molecule has 0 fully saturated rings. The maximum Gasteiger partial charge on any atom is 0.117 e. The number of hydrogen-bond acceptors (Lipinski definition) is 2. The minimum absolute atomic E-state index is 0.787. The molecule has 0 saturated heterocycles. The molecule has 1 heterocycles. The quantitative estimate of drug-likeness (QED) is 0.837. The van der Waals surface area contributed by atoms with Crippen LogP contribution < -0.4 is 5.32 Å². The molecule has 0 saturated carbocycles. The van der Waals surface area contributed by atoms with Crippen molar-refractivity contribution in [1.29, 1.82) is 0 Å². The lowest BCUT2D eigenvalue weighted by molar-refractivity contribution is 0.450. The van der Waals surface area contributed by atoms with E-state index in [4.69, 9.17) is 4.42 Å². The van der Waals surface area contributed by atoms with Gasteiger partial charge in [0.2, 0.25) is 0 Å². The molecule has 0 aliphatic rings. The molecule has 0 aliphatic heterocycles. The van der Waals surface area contributed by atoms with Crippen LogP contribution in [0.3, 0.4) is 0 Å². The normalized spacial score (nSPS) is 10.8. The summed E-state index contributed by atoms with van der Waals surface area (Å²) in [6.07, 6.45) is 2.05. The summed E-state index contributed by atoms with van der Waals surface area (Å²) in [5.74, 6) is 2.07. The topological polar surface area (TPSA) is 25.2 Å². The van der Waals surface area contributed by atoms with Gasteiger partial charge in [0.25, 0.3) is 0 Å². The first-order chi connectivity index (χ1) is 8.81. The summed E-state index contributed by atoms with van der Waals surface area (Å²) in [5.41, 5.74) is 2.70. The lowest BCUT2D eigenvalue weighted by atomic mass is 10.1. The molecular formula is C16H21NO. The van der Waals surface area contributed by atoms with Crippen LogP contribution in [0.1, 0.15) is 36.5 Å². The Bertz CT molecular complexity index is 470. The minimum Gasteiger partial charge on any atom is -0.465 e. The standard InChI is InChI=1S/C16H21NO/c1-3-13-5-7-14(8-6-13)11-17-12-16-10-9-15(4-2)18-16/h5-10,17H,3-4,11-12H2,1-2H3. The van der Waals surface area contributed by atoms with E-state index in [0.29, 0.717) is 0 Å². The molecular weight excluding hydrogens is 222 g/mol. The van der Waals surface area contributed by atoms with E-state index in [1.165, 1.54) is 11.1 Å². The van der Waals surface area contributed by atoms with E-state index in [-0.39, 0.29) is 0 Å². The number of aryl methyl sites for hydroxylation is 2. The largest absolute Gasteiger partial charge is 0.465 e. The van der Waals surface area contributed by atoms with Gasteiger partial charge in [-0.1, -0.05) is 38.1 Å². The van der Waals surface area contributed by atoms with Crippen LogP contribution in [0.2, 0.25) is 0 Å². The highest BCUT2D eigenvalue weighted by Gasteiger charge is 2.00. The molecule has 0 amide bonds. The van der Waals surface area contributed by atoms with E-state index < -0.39 is 0 Å².